The zero-order valence-corrected chi connectivity index (χ0v) is 15.3. The second kappa shape index (κ2) is 6.43. The third kappa shape index (κ3) is 2.72. The van der Waals surface area contributed by atoms with Crippen LogP contribution in [0.5, 0.6) is 0 Å². The summed E-state index contributed by atoms with van der Waals surface area (Å²) in [5.41, 5.74) is 0. The van der Waals surface area contributed by atoms with E-state index < -0.39 is 0 Å². The smallest absolute Gasteiger partial charge is 0.0975 e. The minimum Gasteiger partial charge on any atom is -1.00 e. The summed E-state index contributed by atoms with van der Waals surface area (Å²) < 4.78 is 0. The predicted molar refractivity (Wildman–Crippen MR) is 79.5 cm³/mol. The molecule has 3 N–H and O–H groups in total. The Bertz CT molecular complexity index is 361. The summed E-state index contributed by atoms with van der Waals surface area (Å²) in [4.78, 5) is 1.87. The Morgan fingerprint density at radius 2 is 1.23 bits per heavy atom. The zero-order chi connectivity index (χ0) is 13.3. The maximum atomic E-state index is 2.92. The zero-order valence-electron chi connectivity index (χ0n) is 13.8. The van der Waals surface area contributed by atoms with Gasteiger partial charge in [0.05, 0.1) is 44.1 Å². The number of piperidine rings is 1. The first-order valence-corrected chi connectivity index (χ1v) is 9.44. The summed E-state index contributed by atoms with van der Waals surface area (Å²) in [6.45, 7) is 0. The van der Waals surface area contributed by atoms with Gasteiger partial charge in [-0.05, 0) is 43.9 Å². The average Bonchev–Trinajstić information content (AvgIpc) is 2.65. The fourth-order valence-corrected chi connectivity index (χ4v) is 7.38. The van der Waals surface area contributed by atoms with Gasteiger partial charge < -0.3 is 35.0 Å². The van der Waals surface area contributed by atoms with Gasteiger partial charge in [0, 0.05) is 24.7 Å². The Hall–Kier alpha value is 0.500. The van der Waals surface area contributed by atoms with Gasteiger partial charge in [-0.3, -0.25) is 0 Å². The molecule has 4 aliphatic carbocycles. The number of hydrogen-bond acceptors (Lipinski definition) is 0. The van der Waals surface area contributed by atoms with E-state index in [1.54, 1.807) is 32.1 Å². The fourth-order valence-electron chi connectivity index (χ4n) is 7.38. The topological polar surface area (TPSA) is 21.1 Å². The van der Waals surface area contributed by atoms with Gasteiger partial charge in [-0.25, -0.2) is 0 Å². The first-order valence-electron chi connectivity index (χ1n) is 9.44. The molecule has 0 aromatic carbocycles. The van der Waals surface area contributed by atoms with Crippen LogP contribution in [0.15, 0.2) is 0 Å². The second-order valence-electron chi connectivity index (χ2n) is 9.15. The largest absolute Gasteiger partial charge is 1.00 e. The summed E-state index contributed by atoms with van der Waals surface area (Å²) in [5.74, 6) is 4.49. The highest BCUT2D eigenvalue weighted by Gasteiger charge is 2.52. The number of nitrogens with two attached hydrogens (primary N) is 1. The molecule has 0 amide bonds. The molecule has 0 radical (unpaired) electrons. The SMILES string of the molecule is C[NH+]1C2CCC1CC([NH2+]C1C3CC4CC(C3)CC1C4)C2.[Cl-].[Cl-]. The predicted octanol–water partition coefficient (Wildman–Crippen LogP) is -5.41. The van der Waals surface area contributed by atoms with Gasteiger partial charge in [0.1, 0.15) is 0 Å². The molecule has 2 saturated heterocycles. The first kappa shape index (κ1) is 17.3. The van der Waals surface area contributed by atoms with Crippen LogP contribution >= 0.6 is 0 Å². The molecular formula is C18H32Cl2N2. The molecule has 2 atom stereocenters. The van der Waals surface area contributed by atoms with E-state index in [1.165, 1.54) is 25.7 Å². The van der Waals surface area contributed by atoms with Crippen molar-refractivity contribution >= 4 is 0 Å². The lowest BCUT2D eigenvalue weighted by atomic mass is 9.54. The molecule has 2 unspecified atom stereocenters. The van der Waals surface area contributed by atoms with Gasteiger partial charge in [0.15, 0.2) is 0 Å². The molecule has 6 bridgehead atoms. The van der Waals surface area contributed by atoms with Gasteiger partial charge >= 0.3 is 0 Å². The highest BCUT2D eigenvalue weighted by atomic mass is 35.5. The van der Waals surface area contributed by atoms with Crippen molar-refractivity contribution in [3.63, 3.8) is 0 Å². The van der Waals surface area contributed by atoms with Crippen LogP contribution < -0.4 is 35.0 Å². The summed E-state index contributed by atoms with van der Waals surface area (Å²) in [6.07, 6.45) is 14.1. The van der Waals surface area contributed by atoms with E-state index in [0.717, 1.165) is 47.8 Å². The number of halogens is 2. The van der Waals surface area contributed by atoms with Crippen molar-refractivity contribution in [2.75, 3.05) is 7.05 Å². The number of nitrogens with one attached hydrogen (secondary N) is 1. The van der Waals surface area contributed by atoms with E-state index in [-0.39, 0.29) is 24.8 Å². The van der Waals surface area contributed by atoms with Crippen molar-refractivity contribution in [1.82, 2.24) is 0 Å². The van der Waals surface area contributed by atoms with Crippen LogP contribution in [0.1, 0.15) is 57.8 Å². The molecule has 2 aliphatic heterocycles. The minimum atomic E-state index is 0. The fraction of sp³-hybridized carbons (Fsp3) is 1.00. The maximum absolute atomic E-state index is 2.92. The van der Waals surface area contributed by atoms with Gasteiger partial charge in [-0.15, -0.1) is 0 Å². The van der Waals surface area contributed by atoms with E-state index in [2.05, 4.69) is 12.4 Å². The minimum absolute atomic E-state index is 0. The van der Waals surface area contributed by atoms with Crippen LogP contribution in [-0.2, 0) is 0 Å². The normalized spacial score (nSPS) is 54.7. The molecule has 0 aromatic rings. The quantitative estimate of drug-likeness (QED) is 0.498. The molecule has 128 valence electrons. The van der Waals surface area contributed by atoms with Crippen LogP contribution in [0.4, 0.5) is 0 Å². The lowest BCUT2D eigenvalue weighted by Gasteiger charge is -2.53. The Labute approximate surface area is 148 Å². The summed E-state index contributed by atoms with van der Waals surface area (Å²) in [5, 5.41) is 2.92. The Kier molecular flexibility index (Phi) is 5.06. The molecule has 0 spiro atoms. The maximum Gasteiger partial charge on any atom is 0.0975 e. The molecule has 2 nitrogen and oxygen atoms in total. The monoisotopic (exact) mass is 346 g/mol. The number of fused-ring (bicyclic) bond motifs is 2. The van der Waals surface area contributed by atoms with Crippen molar-refractivity contribution in [3.8, 4) is 0 Å². The number of hydrogen-bond donors (Lipinski definition) is 2. The van der Waals surface area contributed by atoms with Crippen LogP contribution in [0.25, 0.3) is 0 Å². The van der Waals surface area contributed by atoms with Crippen molar-refractivity contribution in [2.24, 2.45) is 23.7 Å². The van der Waals surface area contributed by atoms with Gasteiger partial charge in [0.2, 0.25) is 0 Å². The average molecular weight is 347 g/mol. The van der Waals surface area contributed by atoms with Crippen LogP contribution in [-0.4, -0.2) is 31.2 Å². The van der Waals surface area contributed by atoms with Gasteiger partial charge in [-0.2, -0.15) is 0 Å². The first-order chi connectivity index (χ1) is 9.76. The summed E-state index contributed by atoms with van der Waals surface area (Å²) >= 11 is 0. The molecule has 6 aliphatic rings. The molecule has 0 aromatic heterocycles. The molecule has 4 saturated carbocycles. The Balaban J connectivity index is 0.000000720. The van der Waals surface area contributed by atoms with E-state index in [1.807, 2.05) is 4.90 Å². The van der Waals surface area contributed by atoms with E-state index in [0.29, 0.717) is 0 Å². The van der Waals surface area contributed by atoms with Crippen molar-refractivity contribution < 1.29 is 35.0 Å². The third-order valence-corrected chi connectivity index (χ3v) is 8.12. The third-order valence-electron chi connectivity index (χ3n) is 8.12. The Morgan fingerprint density at radius 1 is 0.727 bits per heavy atom. The van der Waals surface area contributed by atoms with Crippen molar-refractivity contribution in [3.05, 3.63) is 0 Å². The second-order valence-corrected chi connectivity index (χ2v) is 9.15. The highest BCUT2D eigenvalue weighted by Crippen LogP contribution is 2.52. The van der Waals surface area contributed by atoms with Gasteiger partial charge in [0.25, 0.3) is 0 Å². The standard InChI is InChI=1S/C18H30N2.2ClH/c1-20-16-2-3-17(20)10-15(9-16)19-18-13-5-11-4-12(7-13)8-14(18)6-11;;/h11-19H,2-10H2,1H3;2*1H. The molecule has 6 fully saturated rings. The molecule has 22 heavy (non-hydrogen) atoms. The number of rotatable bonds is 2. The molecule has 4 heteroatoms. The summed E-state index contributed by atoms with van der Waals surface area (Å²) in [6, 6.07) is 4.03. The van der Waals surface area contributed by atoms with Crippen LogP contribution in [0.3, 0.4) is 0 Å². The molecule has 6 rings (SSSR count). The molecule has 2 heterocycles. The van der Waals surface area contributed by atoms with Gasteiger partial charge in [-0.1, -0.05) is 0 Å². The molecular weight excluding hydrogens is 315 g/mol. The Morgan fingerprint density at radius 3 is 1.73 bits per heavy atom. The lowest BCUT2D eigenvalue weighted by Crippen LogP contribution is -3.17. The van der Waals surface area contributed by atoms with Crippen molar-refractivity contribution in [2.45, 2.75) is 82.0 Å². The van der Waals surface area contributed by atoms with Crippen LogP contribution in [0.2, 0.25) is 0 Å². The van der Waals surface area contributed by atoms with E-state index in [4.69, 9.17) is 0 Å². The van der Waals surface area contributed by atoms with E-state index in [9.17, 15) is 0 Å². The van der Waals surface area contributed by atoms with Crippen LogP contribution in [0, 0.1) is 23.7 Å². The lowest BCUT2D eigenvalue weighted by molar-refractivity contribution is -0.932. The summed E-state index contributed by atoms with van der Waals surface area (Å²) in [7, 11) is 2.46. The van der Waals surface area contributed by atoms with E-state index >= 15 is 0 Å². The highest BCUT2D eigenvalue weighted by molar-refractivity contribution is 4.98. The number of quaternary nitrogens is 2. The van der Waals surface area contributed by atoms with Crippen molar-refractivity contribution in [1.29, 1.82) is 0 Å².